The Morgan fingerprint density at radius 1 is 1.31 bits per heavy atom. The molecule has 1 unspecified atom stereocenters. The molecule has 0 aliphatic heterocycles. The summed E-state index contributed by atoms with van der Waals surface area (Å²) >= 11 is 4.73. The number of halogens is 1. The molecule has 0 fully saturated rings. The molecular weight excluding hydrogens is 252 g/mol. The van der Waals surface area contributed by atoms with Crippen LogP contribution < -0.4 is 4.18 Å². The first-order valence-corrected chi connectivity index (χ1v) is 6.47. The molecule has 0 N–H and O–H groups in total. The Labute approximate surface area is 101 Å². The topological polar surface area (TPSA) is 52.6 Å². The standard InChI is InChI=1S/C10H13ClO4S/c1-3-8(2)9-4-6-10(7-5-9)14-16(12,13)15-11/h4-8H,3H2,1-2H3. The van der Waals surface area contributed by atoms with Gasteiger partial charge in [-0.25, -0.2) is 0 Å². The molecule has 0 aliphatic carbocycles. The Bertz CT molecular complexity index is 427. The van der Waals surface area contributed by atoms with E-state index in [0.29, 0.717) is 5.92 Å². The molecule has 0 heterocycles. The molecule has 4 nitrogen and oxygen atoms in total. The zero-order valence-electron chi connectivity index (χ0n) is 9.01. The zero-order chi connectivity index (χ0) is 12.2. The van der Waals surface area contributed by atoms with Crippen LogP contribution in [0.4, 0.5) is 0 Å². The lowest BCUT2D eigenvalue weighted by atomic mass is 9.99. The summed E-state index contributed by atoms with van der Waals surface area (Å²) in [5.74, 6) is 0.600. The van der Waals surface area contributed by atoms with Gasteiger partial charge in [0.25, 0.3) is 0 Å². The Hall–Kier alpha value is -0.780. The highest BCUT2D eigenvalue weighted by Gasteiger charge is 2.12. The van der Waals surface area contributed by atoms with Crippen LogP contribution in [0.25, 0.3) is 0 Å². The van der Waals surface area contributed by atoms with Crippen LogP contribution in [0.3, 0.4) is 0 Å². The van der Waals surface area contributed by atoms with E-state index in [4.69, 9.17) is 11.9 Å². The molecule has 0 saturated heterocycles. The van der Waals surface area contributed by atoms with Gasteiger partial charge >= 0.3 is 10.4 Å². The summed E-state index contributed by atoms with van der Waals surface area (Å²) in [6, 6.07) is 6.75. The van der Waals surface area contributed by atoms with Gasteiger partial charge in [0, 0.05) is 0 Å². The van der Waals surface area contributed by atoms with Gasteiger partial charge in [0.15, 0.2) is 0 Å². The van der Waals surface area contributed by atoms with Crippen LogP contribution in [0.2, 0.25) is 0 Å². The van der Waals surface area contributed by atoms with Crippen LogP contribution in [-0.4, -0.2) is 8.42 Å². The maximum atomic E-state index is 10.9. The fraction of sp³-hybridized carbons (Fsp3) is 0.400. The van der Waals surface area contributed by atoms with Gasteiger partial charge < -0.3 is 4.18 Å². The molecule has 90 valence electrons. The molecule has 0 bridgehead atoms. The van der Waals surface area contributed by atoms with Crippen molar-refractivity contribution in [3.05, 3.63) is 29.8 Å². The van der Waals surface area contributed by atoms with Crippen molar-refractivity contribution in [2.45, 2.75) is 26.2 Å². The smallest absolute Gasteiger partial charge is 0.361 e. The molecule has 0 saturated carbocycles. The van der Waals surface area contributed by atoms with Gasteiger partial charge in [0.2, 0.25) is 0 Å². The summed E-state index contributed by atoms with van der Waals surface area (Å²) < 4.78 is 29.9. The minimum atomic E-state index is -4.15. The van der Waals surface area contributed by atoms with E-state index in [0.717, 1.165) is 12.0 Å². The summed E-state index contributed by atoms with van der Waals surface area (Å²) in [5.41, 5.74) is 1.12. The highest BCUT2D eigenvalue weighted by Crippen LogP contribution is 2.22. The van der Waals surface area contributed by atoms with Crippen molar-refractivity contribution in [2.24, 2.45) is 0 Å². The fourth-order valence-corrected chi connectivity index (χ4v) is 1.67. The lowest BCUT2D eigenvalue weighted by molar-refractivity contribution is 0.406. The van der Waals surface area contributed by atoms with E-state index in [-0.39, 0.29) is 5.75 Å². The monoisotopic (exact) mass is 264 g/mol. The predicted molar refractivity (Wildman–Crippen MR) is 61.6 cm³/mol. The Morgan fingerprint density at radius 3 is 2.31 bits per heavy atom. The first kappa shape index (κ1) is 13.3. The lowest BCUT2D eigenvalue weighted by Gasteiger charge is -2.09. The molecule has 0 aliphatic rings. The normalized spacial score (nSPS) is 13.4. The second kappa shape index (κ2) is 5.52. The highest BCUT2D eigenvalue weighted by molar-refractivity contribution is 7.82. The number of hydrogen-bond acceptors (Lipinski definition) is 4. The molecule has 0 aromatic heterocycles. The lowest BCUT2D eigenvalue weighted by Crippen LogP contribution is -2.08. The van der Waals surface area contributed by atoms with E-state index in [1.807, 2.05) is 12.1 Å². The molecule has 1 rings (SSSR count). The fourth-order valence-electron chi connectivity index (χ4n) is 1.22. The van der Waals surface area contributed by atoms with Gasteiger partial charge in [-0.15, -0.1) is 3.74 Å². The minimum Gasteiger partial charge on any atom is -0.361 e. The summed E-state index contributed by atoms with van der Waals surface area (Å²) in [7, 11) is -4.15. The van der Waals surface area contributed by atoms with Crippen LogP contribution >= 0.6 is 11.9 Å². The van der Waals surface area contributed by atoms with Gasteiger partial charge in [-0.3, -0.25) is 0 Å². The molecule has 6 heteroatoms. The quantitative estimate of drug-likeness (QED) is 0.820. The Kier molecular flexibility index (Phi) is 4.58. The maximum Gasteiger partial charge on any atom is 0.465 e. The van der Waals surface area contributed by atoms with Crippen molar-refractivity contribution in [1.29, 1.82) is 0 Å². The third-order valence-electron chi connectivity index (χ3n) is 2.34. The molecule has 1 aromatic carbocycles. The largest absolute Gasteiger partial charge is 0.465 e. The van der Waals surface area contributed by atoms with E-state index in [9.17, 15) is 8.42 Å². The summed E-state index contributed by atoms with van der Waals surface area (Å²) in [6.07, 6.45) is 1.02. The second-order valence-electron chi connectivity index (χ2n) is 3.43. The summed E-state index contributed by atoms with van der Waals surface area (Å²) in [4.78, 5) is 0. The van der Waals surface area contributed by atoms with E-state index in [1.54, 1.807) is 12.1 Å². The van der Waals surface area contributed by atoms with Crippen LogP contribution in [0.1, 0.15) is 31.7 Å². The first-order valence-electron chi connectivity index (χ1n) is 4.83. The van der Waals surface area contributed by atoms with Gasteiger partial charge in [-0.1, -0.05) is 26.0 Å². The van der Waals surface area contributed by atoms with Crippen LogP contribution in [-0.2, 0) is 14.1 Å². The SMILES string of the molecule is CCC(C)c1ccc(OS(=O)(=O)OCl)cc1. The van der Waals surface area contributed by atoms with Crippen molar-refractivity contribution < 1.29 is 16.3 Å². The van der Waals surface area contributed by atoms with Crippen molar-refractivity contribution in [3.63, 3.8) is 0 Å². The van der Waals surface area contributed by atoms with E-state index in [2.05, 4.69) is 21.8 Å². The second-order valence-corrected chi connectivity index (χ2v) is 4.92. The highest BCUT2D eigenvalue weighted by atomic mass is 35.5. The van der Waals surface area contributed by atoms with Gasteiger partial charge in [-0.05, 0) is 30.0 Å². The average molecular weight is 265 g/mol. The third-order valence-corrected chi connectivity index (χ3v) is 3.35. The number of rotatable bonds is 5. The third kappa shape index (κ3) is 3.66. The van der Waals surface area contributed by atoms with Crippen molar-refractivity contribution in [2.75, 3.05) is 0 Å². The molecule has 0 amide bonds. The molecule has 1 aromatic rings. The van der Waals surface area contributed by atoms with Gasteiger partial charge in [-0.2, -0.15) is 8.42 Å². The van der Waals surface area contributed by atoms with Crippen molar-refractivity contribution in [3.8, 4) is 5.75 Å². The van der Waals surface area contributed by atoms with Gasteiger partial charge in [0.1, 0.15) is 5.75 Å². The van der Waals surface area contributed by atoms with Crippen molar-refractivity contribution >= 4 is 22.3 Å². The van der Waals surface area contributed by atoms with Gasteiger partial charge in [0.05, 0.1) is 11.9 Å². The van der Waals surface area contributed by atoms with Crippen LogP contribution in [0.15, 0.2) is 24.3 Å². The Morgan fingerprint density at radius 2 is 1.88 bits per heavy atom. The first-order chi connectivity index (χ1) is 7.48. The molecule has 0 spiro atoms. The molecule has 0 radical (unpaired) electrons. The zero-order valence-corrected chi connectivity index (χ0v) is 10.6. The van der Waals surface area contributed by atoms with Crippen LogP contribution in [0.5, 0.6) is 5.75 Å². The Balaban J connectivity index is 2.80. The number of benzene rings is 1. The maximum absolute atomic E-state index is 10.9. The van der Waals surface area contributed by atoms with E-state index < -0.39 is 10.4 Å². The predicted octanol–water partition coefficient (Wildman–Crippen LogP) is 2.99. The minimum absolute atomic E-state index is 0.174. The summed E-state index contributed by atoms with van der Waals surface area (Å²) in [6.45, 7) is 4.18. The molecule has 1 atom stereocenters. The molecule has 16 heavy (non-hydrogen) atoms. The van der Waals surface area contributed by atoms with E-state index >= 15 is 0 Å². The summed E-state index contributed by atoms with van der Waals surface area (Å²) in [5, 5.41) is 0. The van der Waals surface area contributed by atoms with Crippen molar-refractivity contribution in [1.82, 2.24) is 0 Å². The van der Waals surface area contributed by atoms with E-state index in [1.165, 1.54) is 0 Å². The number of hydrogen-bond donors (Lipinski definition) is 0. The molecular formula is C10H13ClO4S. The van der Waals surface area contributed by atoms with Crippen LogP contribution in [0, 0.1) is 0 Å². The average Bonchev–Trinajstić information content (AvgIpc) is 2.28.